The minimum Gasteiger partial charge on any atom is -0.504 e. The summed E-state index contributed by atoms with van der Waals surface area (Å²) in [5.41, 5.74) is 3.08. The van der Waals surface area contributed by atoms with Gasteiger partial charge in [-0.2, -0.15) is 5.26 Å². The molecule has 1 heterocycles. The van der Waals surface area contributed by atoms with Gasteiger partial charge in [0.25, 0.3) is 0 Å². The molecule has 0 saturated heterocycles. The minimum atomic E-state index is 0.0611. The van der Waals surface area contributed by atoms with E-state index in [4.69, 9.17) is 4.74 Å². The van der Waals surface area contributed by atoms with Crippen LogP contribution in [0.4, 0.5) is 0 Å². The molecule has 1 N–H and O–H groups in total. The number of benzene rings is 3. The van der Waals surface area contributed by atoms with Crippen molar-refractivity contribution >= 4 is 33.8 Å². The van der Waals surface area contributed by atoms with Crippen LogP contribution in [0.1, 0.15) is 10.6 Å². The molecule has 4 nitrogen and oxygen atoms in total. The number of thiazole rings is 1. The van der Waals surface area contributed by atoms with Crippen LogP contribution >= 0.6 is 11.3 Å². The van der Waals surface area contributed by atoms with Crippen LogP contribution in [0.25, 0.3) is 33.7 Å². The van der Waals surface area contributed by atoms with Gasteiger partial charge in [-0.15, -0.1) is 11.3 Å². The number of nitrogens with zero attached hydrogens (tertiary/aromatic N) is 2. The van der Waals surface area contributed by atoms with Gasteiger partial charge in [-0.25, -0.2) is 4.98 Å². The zero-order valence-corrected chi connectivity index (χ0v) is 15.9. The van der Waals surface area contributed by atoms with E-state index in [-0.39, 0.29) is 5.75 Å². The van der Waals surface area contributed by atoms with Crippen LogP contribution in [0.15, 0.2) is 66.0 Å². The first kappa shape index (κ1) is 17.8. The largest absolute Gasteiger partial charge is 0.504 e. The summed E-state index contributed by atoms with van der Waals surface area (Å²) in [5.74, 6) is 0.424. The van der Waals surface area contributed by atoms with Gasteiger partial charge in [0.1, 0.15) is 11.1 Å². The maximum absolute atomic E-state index is 9.73. The Morgan fingerprint density at radius 2 is 1.93 bits per heavy atom. The number of nitriles is 1. The Kier molecular flexibility index (Phi) is 4.79. The molecule has 0 unspecified atom stereocenters. The Morgan fingerprint density at radius 1 is 1.11 bits per heavy atom. The zero-order valence-electron chi connectivity index (χ0n) is 15.1. The molecular formula is C23H16N2O2S. The molecule has 0 fully saturated rings. The van der Waals surface area contributed by atoms with Gasteiger partial charge < -0.3 is 9.84 Å². The number of fused-ring (bicyclic) bond motifs is 1. The molecule has 0 bridgehead atoms. The molecule has 4 rings (SSSR count). The van der Waals surface area contributed by atoms with Gasteiger partial charge in [0, 0.05) is 10.9 Å². The fraction of sp³-hybridized carbons (Fsp3) is 0.0435. The maximum Gasteiger partial charge on any atom is 0.161 e. The van der Waals surface area contributed by atoms with E-state index in [9.17, 15) is 10.4 Å². The van der Waals surface area contributed by atoms with Crippen molar-refractivity contribution < 1.29 is 9.84 Å². The summed E-state index contributed by atoms with van der Waals surface area (Å²) in [6.07, 6.45) is 1.74. The minimum absolute atomic E-state index is 0.0611. The van der Waals surface area contributed by atoms with Crippen LogP contribution in [0.2, 0.25) is 0 Å². The zero-order chi connectivity index (χ0) is 19.5. The normalized spacial score (nSPS) is 11.4. The molecule has 0 aliphatic rings. The van der Waals surface area contributed by atoms with E-state index in [1.807, 2.05) is 23.6 Å². The highest BCUT2D eigenvalue weighted by molar-refractivity contribution is 7.11. The molecule has 1 aromatic heterocycles. The van der Waals surface area contributed by atoms with Gasteiger partial charge in [0.15, 0.2) is 11.5 Å². The van der Waals surface area contributed by atoms with Gasteiger partial charge >= 0.3 is 0 Å². The maximum atomic E-state index is 9.73. The van der Waals surface area contributed by atoms with Crippen LogP contribution in [0, 0.1) is 11.3 Å². The number of aromatic nitrogens is 1. The summed E-state index contributed by atoms with van der Waals surface area (Å²) < 4.78 is 5.13. The molecule has 0 aliphatic heterocycles. The lowest BCUT2D eigenvalue weighted by Gasteiger charge is -2.04. The second-order valence-corrected chi connectivity index (χ2v) is 7.06. The first-order valence-electron chi connectivity index (χ1n) is 8.62. The van der Waals surface area contributed by atoms with E-state index in [0.29, 0.717) is 16.3 Å². The average Bonchev–Trinajstić information content (AvgIpc) is 3.22. The third-order valence-corrected chi connectivity index (χ3v) is 5.29. The van der Waals surface area contributed by atoms with Crippen molar-refractivity contribution in [3.05, 3.63) is 76.6 Å². The van der Waals surface area contributed by atoms with E-state index >= 15 is 0 Å². The van der Waals surface area contributed by atoms with Crippen LogP contribution in [0.3, 0.4) is 0 Å². The van der Waals surface area contributed by atoms with Gasteiger partial charge in [-0.3, -0.25) is 0 Å². The monoisotopic (exact) mass is 384 g/mol. The lowest BCUT2D eigenvalue weighted by atomic mass is 10.1. The van der Waals surface area contributed by atoms with Crippen LogP contribution in [0.5, 0.6) is 11.5 Å². The summed E-state index contributed by atoms with van der Waals surface area (Å²) in [5, 5.41) is 24.3. The Morgan fingerprint density at radius 3 is 2.71 bits per heavy atom. The quantitative estimate of drug-likeness (QED) is 0.456. The number of rotatable bonds is 4. The number of aromatic hydroxyl groups is 1. The summed E-state index contributed by atoms with van der Waals surface area (Å²) in [6, 6.07) is 21.6. The number of hydrogen-bond acceptors (Lipinski definition) is 5. The number of methoxy groups -OCH3 is 1. The highest BCUT2D eigenvalue weighted by atomic mass is 32.1. The molecule has 0 saturated carbocycles. The predicted molar refractivity (Wildman–Crippen MR) is 113 cm³/mol. The van der Waals surface area contributed by atoms with Gasteiger partial charge in [-0.1, -0.05) is 42.5 Å². The summed E-state index contributed by atoms with van der Waals surface area (Å²) in [4.78, 5) is 4.66. The second-order valence-electron chi connectivity index (χ2n) is 6.20. The molecule has 136 valence electrons. The molecule has 5 heteroatoms. The van der Waals surface area contributed by atoms with E-state index < -0.39 is 0 Å². The van der Waals surface area contributed by atoms with Crippen molar-refractivity contribution in [3.63, 3.8) is 0 Å². The molecule has 28 heavy (non-hydrogen) atoms. The Balaban J connectivity index is 1.69. The van der Waals surface area contributed by atoms with E-state index in [1.54, 1.807) is 24.3 Å². The molecular weight excluding hydrogens is 368 g/mol. The summed E-state index contributed by atoms with van der Waals surface area (Å²) in [7, 11) is 1.49. The third kappa shape index (κ3) is 3.46. The molecule has 0 atom stereocenters. The Labute approximate surface area is 166 Å². The smallest absolute Gasteiger partial charge is 0.161 e. The van der Waals surface area contributed by atoms with Crippen molar-refractivity contribution in [2.75, 3.05) is 7.11 Å². The standard InChI is InChI=1S/C23H16N2O2S/c1-27-22-11-15(6-9-21(22)26)10-19(13-24)23-25-20(14-28-23)18-8-7-16-4-2-3-5-17(16)12-18/h2-12,14,26H,1H3/b19-10+. The lowest BCUT2D eigenvalue weighted by molar-refractivity contribution is 0.373. The Bertz CT molecular complexity index is 1230. The molecule has 4 aromatic rings. The SMILES string of the molecule is COc1cc(/C=C(\C#N)c2nc(-c3ccc4ccccc4c3)cs2)ccc1O. The summed E-state index contributed by atoms with van der Waals surface area (Å²) >= 11 is 1.43. The first-order chi connectivity index (χ1) is 13.7. The van der Waals surface area contributed by atoms with E-state index in [2.05, 4.69) is 35.3 Å². The van der Waals surface area contributed by atoms with Crippen molar-refractivity contribution in [2.24, 2.45) is 0 Å². The van der Waals surface area contributed by atoms with Crippen molar-refractivity contribution in [1.82, 2.24) is 4.98 Å². The van der Waals surface area contributed by atoms with Gasteiger partial charge in [-0.05, 0) is 40.6 Å². The van der Waals surface area contributed by atoms with Crippen LogP contribution in [-0.2, 0) is 0 Å². The first-order valence-corrected chi connectivity index (χ1v) is 9.50. The van der Waals surface area contributed by atoms with Gasteiger partial charge in [0.05, 0.1) is 18.4 Å². The highest BCUT2D eigenvalue weighted by Crippen LogP contribution is 2.31. The topological polar surface area (TPSA) is 66.1 Å². The van der Waals surface area contributed by atoms with Gasteiger partial charge in [0.2, 0.25) is 0 Å². The van der Waals surface area contributed by atoms with Crippen LogP contribution in [-0.4, -0.2) is 17.2 Å². The van der Waals surface area contributed by atoms with E-state index in [0.717, 1.165) is 22.2 Å². The fourth-order valence-corrected chi connectivity index (χ4v) is 3.77. The lowest BCUT2D eigenvalue weighted by Crippen LogP contribution is -1.86. The van der Waals surface area contributed by atoms with Crippen molar-refractivity contribution in [1.29, 1.82) is 5.26 Å². The predicted octanol–water partition coefficient (Wildman–Crippen LogP) is 5.74. The average molecular weight is 384 g/mol. The van der Waals surface area contributed by atoms with Crippen molar-refractivity contribution in [3.8, 4) is 28.8 Å². The molecule has 0 amide bonds. The molecule has 0 spiro atoms. The van der Waals surface area contributed by atoms with Crippen LogP contribution < -0.4 is 4.74 Å². The highest BCUT2D eigenvalue weighted by Gasteiger charge is 2.10. The number of hydrogen-bond donors (Lipinski definition) is 1. The third-order valence-electron chi connectivity index (χ3n) is 4.42. The summed E-state index contributed by atoms with van der Waals surface area (Å²) in [6.45, 7) is 0. The number of phenolic OH excluding ortho intramolecular Hbond substituents is 1. The Hall–Kier alpha value is -3.62. The van der Waals surface area contributed by atoms with Crippen molar-refractivity contribution in [2.45, 2.75) is 0 Å². The molecule has 0 aliphatic carbocycles. The number of allylic oxidation sites excluding steroid dienone is 1. The fourth-order valence-electron chi connectivity index (χ4n) is 2.97. The molecule has 0 radical (unpaired) electrons. The number of phenols is 1. The van der Waals surface area contributed by atoms with E-state index in [1.165, 1.54) is 23.8 Å². The second kappa shape index (κ2) is 7.55. The molecule has 3 aromatic carbocycles. The number of ether oxygens (including phenoxy) is 1.